The van der Waals surface area contributed by atoms with Crippen LogP contribution in [0.4, 0.5) is 0 Å². The Kier molecular flexibility index (Phi) is 6.83. The van der Waals surface area contributed by atoms with Gasteiger partial charge in [0.2, 0.25) is 5.78 Å². The van der Waals surface area contributed by atoms with Crippen molar-refractivity contribution in [2.75, 3.05) is 0 Å². The molecule has 0 saturated heterocycles. The Bertz CT molecular complexity index is 1460. The van der Waals surface area contributed by atoms with Crippen LogP contribution in [0.3, 0.4) is 0 Å². The Morgan fingerprint density at radius 2 is 1.76 bits per heavy atom. The Balaban J connectivity index is 1.48. The molecule has 0 fully saturated rings. The number of benzene rings is 2. The third-order valence-electron chi connectivity index (χ3n) is 6.18. The molecule has 2 aromatic heterocycles. The van der Waals surface area contributed by atoms with Gasteiger partial charge in [-0.15, -0.1) is 11.3 Å². The summed E-state index contributed by atoms with van der Waals surface area (Å²) in [7, 11) is 0. The van der Waals surface area contributed by atoms with Crippen LogP contribution in [-0.2, 0) is 17.9 Å². The monoisotopic (exact) mass is 511 g/mol. The van der Waals surface area contributed by atoms with Crippen molar-refractivity contribution in [2.24, 2.45) is 0 Å². The third-order valence-corrected chi connectivity index (χ3v) is 7.25. The predicted octanol–water partition coefficient (Wildman–Crippen LogP) is 5.51. The van der Waals surface area contributed by atoms with Gasteiger partial charge in [0.05, 0.1) is 27.2 Å². The minimum absolute atomic E-state index is 0.0543. The summed E-state index contributed by atoms with van der Waals surface area (Å²) in [6, 6.07) is 20.0. The van der Waals surface area contributed by atoms with Gasteiger partial charge in [-0.25, -0.2) is 4.98 Å². The van der Waals surface area contributed by atoms with Gasteiger partial charge in [-0.2, -0.15) is 0 Å². The smallest absolute Gasteiger partial charge is 0.290 e. The second-order valence-corrected chi connectivity index (χ2v) is 9.98. The standard InChI is InChI=1S/C29H25N3O4S/c1-18-28(37-19(2)31-18)26(33)24-25(32(29(35)27(24)34)16-21-9-6-14-30-15-21)22-10-12-23(13-11-22)36-17-20-7-4-3-5-8-20/h3-15,25,34H,16-17H2,1-2H3. The lowest BCUT2D eigenvalue weighted by Crippen LogP contribution is -2.30. The lowest BCUT2D eigenvalue weighted by atomic mass is 9.95. The summed E-state index contributed by atoms with van der Waals surface area (Å²) in [6.07, 6.45) is 3.32. The average Bonchev–Trinajstić information content (AvgIpc) is 3.39. The fourth-order valence-corrected chi connectivity index (χ4v) is 5.31. The number of nitrogens with zero attached hydrogens (tertiary/aromatic N) is 3. The molecule has 8 heteroatoms. The average molecular weight is 512 g/mol. The van der Waals surface area contributed by atoms with E-state index in [1.165, 1.54) is 16.2 Å². The fraction of sp³-hybridized carbons (Fsp3) is 0.172. The molecule has 2 aromatic carbocycles. The number of carbonyl (C=O) groups excluding carboxylic acids is 2. The lowest BCUT2D eigenvalue weighted by molar-refractivity contribution is -0.130. The van der Waals surface area contributed by atoms with E-state index in [2.05, 4.69) is 9.97 Å². The van der Waals surface area contributed by atoms with Gasteiger partial charge in [-0.3, -0.25) is 14.6 Å². The molecule has 1 aliphatic rings. The van der Waals surface area contributed by atoms with Gasteiger partial charge in [0.25, 0.3) is 5.91 Å². The summed E-state index contributed by atoms with van der Waals surface area (Å²) in [4.78, 5) is 37.4. The molecular weight excluding hydrogens is 486 g/mol. The van der Waals surface area contributed by atoms with Crippen molar-refractivity contribution >= 4 is 23.0 Å². The number of aromatic nitrogens is 2. The number of hydrogen-bond donors (Lipinski definition) is 1. The summed E-state index contributed by atoms with van der Waals surface area (Å²) in [6.45, 7) is 4.18. The zero-order chi connectivity index (χ0) is 25.9. The lowest BCUT2D eigenvalue weighted by Gasteiger charge is -2.27. The van der Waals surface area contributed by atoms with Crippen LogP contribution in [0.15, 0.2) is 90.5 Å². The predicted molar refractivity (Wildman–Crippen MR) is 140 cm³/mol. The maximum absolute atomic E-state index is 13.7. The molecule has 0 spiro atoms. The highest BCUT2D eigenvalue weighted by molar-refractivity contribution is 7.14. The fourth-order valence-electron chi connectivity index (χ4n) is 4.44. The molecule has 37 heavy (non-hydrogen) atoms. The van der Waals surface area contributed by atoms with Crippen LogP contribution in [-0.4, -0.2) is 31.7 Å². The quantitative estimate of drug-likeness (QED) is 0.314. The molecule has 0 saturated carbocycles. The first-order chi connectivity index (χ1) is 17.9. The van der Waals surface area contributed by atoms with Crippen LogP contribution in [0.5, 0.6) is 5.75 Å². The van der Waals surface area contributed by atoms with E-state index in [-0.39, 0.29) is 12.1 Å². The van der Waals surface area contributed by atoms with Crippen LogP contribution >= 0.6 is 11.3 Å². The van der Waals surface area contributed by atoms with Crippen molar-refractivity contribution in [3.05, 3.63) is 123 Å². The summed E-state index contributed by atoms with van der Waals surface area (Å²) in [5, 5.41) is 11.7. The molecule has 7 nitrogen and oxygen atoms in total. The molecule has 4 aromatic rings. The Morgan fingerprint density at radius 3 is 2.41 bits per heavy atom. The first-order valence-electron chi connectivity index (χ1n) is 11.8. The topological polar surface area (TPSA) is 92.6 Å². The largest absolute Gasteiger partial charge is 0.503 e. The van der Waals surface area contributed by atoms with E-state index in [1.807, 2.05) is 67.6 Å². The van der Waals surface area contributed by atoms with Crippen molar-refractivity contribution < 1.29 is 19.4 Å². The van der Waals surface area contributed by atoms with Crippen LogP contribution in [0.1, 0.15) is 43.1 Å². The first kappa shape index (κ1) is 24.4. The van der Waals surface area contributed by atoms with E-state index in [9.17, 15) is 14.7 Å². The summed E-state index contributed by atoms with van der Waals surface area (Å²) in [5.41, 5.74) is 3.16. The maximum atomic E-state index is 13.7. The van der Waals surface area contributed by atoms with Gasteiger partial charge in [0.15, 0.2) is 5.76 Å². The Hall–Kier alpha value is -4.30. The Morgan fingerprint density at radius 1 is 1.03 bits per heavy atom. The zero-order valence-electron chi connectivity index (χ0n) is 20.4. The number of rotatable bonds is 8. The number of hydrogen-bond acceptors (Lipinski definition) is 7. The molecule has 0 bridgehead atoms. The van der Waals surface area contributed by atoms with E-state index in [1.54, 1.807) is 25.4 Å². The molecular formula is C29H25N3O4S. The number of ketones is 1. The number of aryl methyl sites for hydroxylation is 2. The van der Waals surface area contributed by atoms with E-state index in [4.69, 9.17) is 4.74 Å². The molecule has 1 N–H and O–H groups in total. The molecule has 1 aliphatic heterocycles. The highest BCUT2D eigenvalue weighted by Crippen LogP contribution is 2.41. The van der Waals surface area contributed by atoms with E-state index < -0.39 is 23.5 Å². The Labute approximate surface area is 218 Å². The van der Waals surface area contributed by atoms with E-state index >= 15 is 0 Å². The van der Waals surface area contributed by atoms with Gasteiger partial charge < -0.3 is 14.7 Å². The molecule has 3 heterocycles. The highest BCUT2D eigenvalue weighted by Gasteiger charge is 2.44. The van der Waals surface area contributed by atoms with E-state index in [0.29, 0.717) is 28.5 Å². The molecule has 0 radical (unpaired) electrons. The minimum atomic E-state index is -0.773. The van der Waals surface area contributed by atoms with Gasteiger partial charge in [0.1, 0.15) is 12.4 Å². The number of aliphatic hydroxyl groups is 1. The van der Waals surface area contributed by atoms with Gasteiger partial charge in [0, 0.05) is 18.9 Å². The number of Topliss-reactive ketones (excluding diaryl/α,β-unsaturated/α-hetero) is 1. The molecule has 1 unspecified atom stereocenters. The number of amides is 1. The van der Waals surface area contributed by atoms with Gasteiger partial charge in [-0.05, 0) is 48.7 Å². The molecule has 1 amide bonds. The highest BCUT2D eigenvalue weighted by atomic mass is 32.1. The maximum Gasteiger partial charge on any atom is 0.290 e. The summed E-state index contributed by atoms with van der Waals surface area (Å²) < 4.78 is 5.91. The molecule has 5 rings (SSSR count). The second kappa shape index (κ2) is 10.4. The van der Waals surface area contributed by atoms with Crippen molar-refractivity contribution in [1.82, 2.24) is 14.9 Å². The third kappa shape index (κ3) is 5.01. The van der Waals surface area contributed by atoms with Crippen molar-refractivity contribution in [2.45, 2.75) is 33.0 Å². The normalized spacial score (nSPS) is 15.4. The number of carbonyl (C=O) groups is 2. The first-order valence-corrected chi connectivity index (χ1v) is 12.6. The minimum Gasteiger partial charge on any atom is -0.503 e. The van der Waals surface area contributed by atoms with Crippen LogP contribution in [0, 0.1) is 13.8 Å². The van der Waals surface area contributed by atoms with Crippen LogP contribution < -0.4 is 4.74 Å². The second-order valence-electron chi connectivity index (χ2n) is 8.78. The number of thiazole rings is 1. The van der Waals surface area contributed by atoms with Crippen LogP contribution in [0.25, 0.3) is 0 Å². The van der Waals surface area contributed by atoms with Crippen molar-refractivity contribution in [3.63, 3.8) is 0 Å². The van der Waals surface area contributed by atoms with Gasteiger partial charge in [-0.1, -0.05) is 48.5 Å². The number of pyridine rings is 1. The number of ether oxygens (including phenoxy) is 1. The molecule has 0 aliphatic carbocycles. The van der Waals surface area contributed by atoms with Gasteiger partial charge >= 0.3 is 0 Å². The van der Waals surface area contributed by atoms with Crippen molar-refractivity contribution in [3.8, 4) is 5.75 Å². The van der Waals surface area contributed by atoms with Crippen molar-refractivity contribution in [1.29, 1.82) is 0 Å². The molecule has 1 atom stereocenters. The van der Waals surface area contributed by atoms with Crippen LogP contribution in [0.2, 0.25) is 0 Å². The summed E-state index contributed by atoms with van der Waals surface area (Å²) >= 11 is 1.26. The SMILES string of the molecule is Cc1nc(C)c(C(=O)C2=C(O)C(=O)N(Cc3cccnc3)C2c2ccc(OCc3ccccc3)cc2)s1. The molecule has 186 valence electrons. The van der Waals surface area contributed by atoms with E-state index in [0.717, 1.165) is 16.1 Å². The summed E-state index contributed by atoms with van der Waals surface area (Å²) in [5.74, 6) is -0.864. The zero-order valence-corrected chi connectivity index (χ0v) is 21.2. The number of aliphatic hydroxyl groups excluding tert-OH is 1.